The van der Waals surface area contributed by atoms with Crippen LogP contribution >= 0.6 is 11.3 Å². The van der Waals surface area contributed by atoms with Crippen LogP contribution in [0.2, 0.25) is 0 Å². The first-order chi connectivity index (χ1) is 5.86. The molecule has 0 N–H and O–H groups in total. The van der Waals surface area contributed by atoms with Crippen LogP contribution < -0.4 is 4.74 Å². The van der Waals surface area contributed by atoms with Crippen LogP contribution in [0.1, 0.15) is 4.88 Å². The normalized spacial score (nSPS) is 9.75. The largest absolute Gasteiger partial charge is 0.468 e. The summed E-state index contributed by atoms with van der Waals surface area (Å²) in [6.07, 6.45) is 3.49. The van der Waals surface area contributed by atoms with Crippen molar-refractivity contribution in [3.63, 3.8) is 0 Å². The maximum Gasteiger partial charge on any atom is 0.273 e. The molecule has 66 valence electrons. The molecule has 0 aliphatic carbocycles. The topological polar surface area (TPSA) is 31.4 Å². The molecule has 0 aliphatic rings. The van der Waals surface area contributed by atoms with Crippen molar-refractivity contribution in [3.8, 4) is 5.19 Å². The summed E-state index contributed by atoms with van der Waals surface area (Å²) in [4.78, 5) is 5.04. The molecule has 0 unspecified atom stereocenters. The molecular weight excluding hydrogens is 174 g/mol. The third-order valence-electron chi connectivity index (χ3n) is 1.22. The summed E-state index contributed by atoms with van der Waals surface area (Å²) in [5.74, 6) is 0. The van der Waals surface area contributed by atoms with Crippen molar-refractivity contribution < 1.29 is 9.47 Å². The molecule has 0 amide bonds. The SMILES string of the molecule is C=Cc1cnc(OCCOC)s1. The highest BCUT2D eigenvalue weighted by atomic mass is 32.1. The first kappa shape index (κ1) is 9.22. The maximum atomic E-state index is 5.26. The summed E-state index contributed by atoms with van der Waals surface area (Å²) in [7, 11) is 1.64. The zero-order valence-corrected chi connectivity index (χ0v) is 7.76. The average molecular weight is 185 g/mol. The summed E-state index contributed by atoms with van der Waals surface area (Å²) in [5, 5.41) is 0.668. The molecule has 4 heteroatoms. The highest BCUT2D eigenvalue weighted by Gasteiger charge is 1.98. The van der Waals surface area contributed by atoms with Gasteiger partial charge in [-0.25, -0.2) is 4.98 Å². The van der Waals surface area contributed by atoms with Gasteiger partial charge in [0, 0.05) is 13.3 Å². The first-order valence-electron chi connectivity index (χ1n) is 3.57. The van der Waals surface area contributed by atoms with Crippen LogP contribution in [-0.2, 0) is 4.74 Å². The minimum atomic E-state index is 0.542. The molecule has 0 aromatic carbocycles. The van der Waals surface area contributed by atoms with Gasteiger partial charge in [-0.05, 0) is 0 Å². The minimum absolute atomic E-state index is 0.542. The summed E-state index contributed by atoms with van der Waals surface area (Å²) in [6, 6.07) is 0. The van der Waals surface area contributed by atoms with E-state index in [0.717, 1.165) is 4.88 Å². The van der Waals surface area contributed by atoms with Gasteiger partial charge in [0.1, 0.15) is 6.61 Å². The van der Waals surface area contributed by atoms with Crippen LogP contribution in [0.5, 0.6) is 5.19 Å². The number of aromatic nitrogens is 1. The Bertz CT molecular complexity index is 247. The van der Waals surface area contributed by atoms with E-state index in [9.17, 15) is 0 Å². The molecule has 1 aromatic rings. The molecule has 0 saturated heterocycles. The Balaban J connectivity index is 2.36. The number of hydrogen-bond acceptors (Lipinski definition) is 4. The Morgan fingerprint density at radius 1 is 1.67 bits per heavy atom. The molecule has 1 heterocycles. The first-order valence-corrected chi connectivity index (χ1v) is 4.38. The Kier molecular flexibility index (Phi) is 3.76. The monoisotopic (exact) mass is 185 g/mol. The number of ether oxygens (including phenoxy) is 2. The van der Waals surface area contributed by atoms with Crippen molar-refractivity contribution in [1.29, 1.82) is 0 Å². The molecule has 3 nitrogen and oxygen atoms in total. The van der Waals surface area contributed by atoms with Crippen molar-refractivity contribution in [2.75, 3.05) is 20.3 Å². The second-order valence-corrected chi connectivity index (χ2v) is 3.10. The van der Waals surface area contributed by atoms with E-state index in [4.69, 9.17) is 9.47 Å². The van der Waals surface area contributed by atoms with E-state index in [1.54, 1.807) is 19.4 Å². The molecular formula is C8H11NO2S. The van der Waals surface area contributed by atoms with Crippen molar-refractivity contribution in [1.82, 2.24) is 4.98 Å². The van der Waals surface area contributed by atoms with Gasteiger partial charge in [-0.1, -0.05) is 24.0 Å². The van der Waals surface area contributed by atoms with Crippen molar-refractivity contribution in [3.05, 3.63) is 17.7 Å². The molecule has 0 aliphatic heterocycles. The fraction of sp³-hybridized carbons (Fsp3) is 0.375. The van der Waals surface area contributed by atoms with Gasteiger partial charge < -0.3 is 9.47 Å². The van der Waals surface area contributed by atoms with Gasteiger partial charge >= 0.3 is 0 Å². The zero-order chi connectivity index (χ0) is 8.81. The lowest BCUT2D eigenvalue weighted by atomic mass is 10.6. The van der Waals surface area contributed by atoms with Gasteiger partial charge in [0.05, 0.1) is 11.5 Å². The fourth-order valence-corrected chi connectivity index (χ4v) is 1.28. The van der Waals surface area contributed by atoms with Crippen LogP contribution in [0.3, 0.4) is 0 Å². The van der Waals surface area contributed by atoms with E-state index in [2.05, 4.69) is 11.6 Å². The number of nitrogens with zero attached hydrogens (tertiary/aromatic N) is 1. The highest BCUT2D eigenvalue weighted by Crippen LogP contribution is 2.20. The Labute approximate surface area is 75.7 Å². The molecule has 0 radical (unpaired) electrons. The fourth-order valence-electron chi connectivity index (χ4n) is 0.643. The maximum absolute atomic E-state index is 5.26. The van der Waals surface area contributed by atoms with Gasteiger partial charge in [0.25, 0.3) is 5.19 Å². The number of hydrogen-bond donors (Lipinski definition) is 0. The van der Waals surface area contributed by atoms with Crippen molar-refractivity contribution in [2.24, 2.45) is 0 Å². The van der Waals surface area contributed by atoms with Gasteiger partial charge in [-0.2, -0.15) is 0 Å². The smallest absolute Gasteiger partial charge is 0.273 e. The van der Waals surface area contributed by atoms with E-state index < -0.39 is 0 Å². The number of methoxy groups -OCH3 is 1. The summed E-state index contributed by atoms with van der Waals surface area (Å²) >= 11 is 1.48. The summed E-state index contributed by atoms with van der Waals surface area (Å²) < 4.78 is 10.1. The predicted molar refractivity (Wildman–Crippen MR) is 49.6 cm³/mol. The average Bonchev–Trinajstić information content (AvgIpc) is 2.53. The van der Waals surface area contributed by atoms with Crippen molar-refractivity contribution in [2.45, 2.75) is 0 Å². The van der Waals surface area contributed by atoms with Crippen molar-refractivity contribution >= 4 is 17.4 Å². The molecule has 1 aromatic heterocycles. The molecule has 0 saturated carbocycles. The number of thiazole rings is 1. The lowest BCUT2D eigenvalue weighted by molar-refractivity contribution is 0.146. The molecule has 1 rings (SSSR count). The minimum Gasteiger partial charge on any atom is -0.468 e. The highest BCUT2D eigenvalue weighted by molar-refractivity contribution is 7.14. The second kappa shape index (κ2) is 4.90. The zero-order valence-electron chi connectivity index (χ0n) is 6.95. The molecule has 12 heavy (non-hydrogen) atoms. The van der Waals surface area contributed by atoms with E-state index in [-0.39, 0.29) is 0 Å². The Morgan fingerprint density at radius 2 is 2.50 bits per heavy atom. The van der Waals surface area contributed by atoms with Crippen LogP contribution in [0.25, 0.3) is 6.08 Å². The van der Waals surface area contributed by atoms with Gasteiger partial charge in [0.2, 0.25) is 0 Å². The number of rotatable bonds is 5. The van der Waals surface area contributed by atoms with Crippen LogP contribution in [0, 0.1) is 0 Å². The van der Waals surface area contributed by atoms with E-state index in [1.807, 2.05) is 0 Å². The van der Waals surface area contributed by atoms with Gasteiger partial charge in [0.15, 0.2) is 0 Å². The van der Waals surface area contributed by atoms with E-state index >= 15 is 0 Å². The second-order valence-electron chi connectivity index (χ2n) is 2.07. The Morgan fingerprint density at radius 3 is 3.08 bits per heavy atom. The lowest BCUT2D eigenvalue weighted by Crippen LogP contribution is -2.03. The summed E-state index contributed by atoms with van der Waals surface area (Å²) in [6.45, 7) is 4.76. The standard InChI is InChI=1S/C8H11NO2S/c1-3-7-6-9-8(12-7)11-5-4-10-2/h3,6H,1,4-5H2,2H3. The molecule has 0 fully saturated rings. The lowest BCUT2D eigenvalue weighted by Gasteiger charge is -1.98. The third-order valence-corrected chi connectivity index (χ3v) is 2.12. The van der Waals surface area contributed by atoms with E-state index in [1.165, 1.54) is 11.3 Å². The van der Waals surface area contributed by atoms with Crippen LogP contribution in [0.4, 0.5) is 0 Å². The molecule has 0 spiro atoms. The Hall–Kier alpha value is -0.870. The van der Waals surface area contributed by atoms with E-state index in [0.29, 0.717) is 18.4 Å². The van der Waals surface area contributed by atoms with Gasteiger partial charge in [-0.15, -0.1) is 0 Å². The van der Waals surface area contributed by atoms with Crippen LogP contribution in [-0.4, -0.2) is 25.3 Å². The third kappa shape index (κ3) is 2.64. The molecule has 0 bridgehead atoms. The molecule has 0 atom stereocenters. The predicted octanol–water partition coefficient (Wildman–Crippen LogP) is 1.81. The quantitative estimate of drug-likeness (QED) is 0.655. The van der Waals surface area contributed by atoms with Crippen LogP contribution in [0.15, 0.2) is 12.8 Å². The summed E-state index contributed by atoms with van der Waals surface area (Å²) in [5.41, 5.74) is 0. The van der Waals surface area contributed by atoms with Gasteiger partial charge in [-0.3, -0.25) is 0 Å².